The minimum atomic E-state index is 0.383. The Kier molecular flexibility index (Phi) is 3.38. The van der Waals surface area contributed by atoms with Crippen LogP contribution in [0.1, 0.15) is 25.5 Å². The molecule has 1 N–H and O–H groups in total. The fraction of sp³-hybridized carbons (Fsp3) is 0.727. The molecule has 1 aliphatic rings. The summed E-state index contributed by atoms with van der Waals surface area (Å²) in [5.74, 6) is 0. The second kappa shape index (κ2) is 4.77. The van der Waals surface area contributed by atoms with Crippen LogP contribution in [0.2, 0.25) is 0 Å². The van der Waals surface area contributed by atoms with Crippen LogP contribution >= 0.6 is 0 Å². The van der Waals surface area contributed by atoms with Crippen LogP contribution in [0.5, 0.6) is 0 Å². The van der Waals surface area contributed by atoms with Gasteiger partial charge >= 0.3 is 0 Å². The zero-order valence-electron chi connectivity index (χ0n) is 9.44. The highest BCUT2D eigenvalue weighted by Gasteiger charge is 2.21. The summed E-state index contributed by atoms with van der Waals surface area (Å²) in [6.45, 7) is 3.92. The normalized spacial score (nSPS) is 23.2. The molecule has 1 fully saturated rings. The zero-order valence-corrected chi connectivity index (χ0v) is 9.44. The van der Waals surface area contributed by atoms with Crippen molar-refractivity contribution in [3.05, 3.63) is 18.0 Å². The van der Waals surface area contributed by atoms with Crippen molar-refractivity contribution >= 4 is 0 Å². The van der Waals surface area contributed by atoms with Gasteiger partial charge < -0.3 is 10.1 Å². The molecule has 4 nitrogen and oxygen atoms in total. The lowest BCUT2D eigenvalue weighted by Crippen LogP contribution is -2.36. The number of ether oxygens (including phenoxy) is 1. The van der Waals surface area contributed by atoms with E-state index < -0.39 is 0 Å². The Labute approximate surface area is 90.6 Å². The molecule has 2 unspecified atom stereocenters. The molecule has 1 saturated heterocycles. The fourth-order valence-corrected chi connectivity index (χ4v) is 1.95. The van der Waals surface area contributed by atoms with Crippen LogP contribution in [-0.2, 0) is 18.3 Å². The number of nitrogens with one attached hydrogen (secondary N) is 1. The summed E-state index contributed by atoms with van der Waals surface area (Å²) in [6.07, 6.45) is 4.72. The molecule has 0 saturated carbocycles. The van der Waals surface area contributed by atoms with Gasteiger partial charge in [0.05, 0.1) is 11.8 Å². The molecule has 0 radical (unpaired) electrons. The Morgan fingerprint density at radius 3 is 3.20 bits per heavy atom. The molecule has 0 amide bonds. The summed E-state index contributed by atoms with van der Waals surface area (Å²) < 4.78 is 7.45. The van der Waals surface area contributed by atoms with E-state index in [1.165, 1.54) is 12.8 Å². The minimum absolute atomic E-state index is 0.383. The molecule has 0 aromatic carbocycles. The second-order valence-electron chi connectivity index (χ2n) is 4.20. The minimum Gasteiger partial charge on any atom is -0.377 e. The van der Waals surface area contributed by atoms with Crippen LogP contribution in [0.25, 0.3) is 0 Å². The lowest BCUT2D eigenvalue weighted by Gasteiger charge is -2.19. The van der Waals surface area contributed by atoms with Gasteiger partial charge in [-0.2, -0.15) is 5.10 Å². The average molecular weight is 209 g/mol. The number of hydrogen-bond acceptors (Lipinski definition) is 3. The summed E-state index contributed by atoms with van der Waals surface area (Å²) in [7, 11) is 1.94. The zero-order chi connectivity index (χ0) is 10.7. The van der Waals surface area contributed by atoms with Gasteiger partial charge in [-0.3, -0.25) is 4.68 Å². The molecule has 1 aromatic rings. The molecule has 15 heavy (non-hydrogen) atoms. The van der Waals surface area contributed by atoms with Gasteiger partial charge in [0.2, 0.25) is 0 Å². The maximum absolute atomic E-state index is 5.62. The standard InChI is InChI=1S/C11H19N3O/c1-9(11-4-3-7-15-11)12-8-10-5-6-14(2)13-10/h5-6,9,11-12H,3-4,7-8H2,1-2H3. The third-order valence-electron chi connectivity index (χ3n) is 2.90. The molecule has 1 aliphatic heterocycles. The van der Waals surface area contributed by atoms with E-state index >= 15 is 0 Å². The number of nitrogens with zero attached hydrogens (tertiary/aromatic N) is 2. The Bertz CT molecular complexity index is 305. The van der Waals surface area contributed by atoms with Gasteiger partial charge in [-0.05, 0) is 25.8 Å². The second-order valence-corrected chi connectivity index (χ2v) is 4.20. The van der Waals surface area contributed by atoms with E-state index in [9.17, 15) is 0 Å². The van der Waals surface area contributed by atoms with Crippen molar-refractivity contribution in [2.45, 2.75) is 38.5 Å². The van der Waals surface area contributed by atoms with Crippen molar-refractivity contribution in [3.63, 3.8) is 0 Å². The SMILES string of the molecule is CC(NCc1ccn(C)n1)C1CCCO1. The van der Waals surface area contributed by atoms with Crippen LogP contribution in [0, 0.1) is 0 Å². The van der Waals surface area contributed by atoms with Gasteiger partial charge in [0, 0.05) is 32.4 Å². The maximum atomic E-state index is 5.62. The van der Waals surface area contributed by atoms with Crippen molar-refractivity contribution in [3.8, 4) is 0 Å². The fourth-order valence-electron chi connectivity index (χ4n) is 1.95. The first-order valence-corrected chi connectivity index (χ1v) is 5.59. The third kappa shape index (κ3) is 2.79. The van der Waals surface area contributed by atoms with Gasteiger partial charge in [0.1, 0.15) is 0 Å². The molecule has 0 aliphatic carbocycles. The van der Waals surface area contributed by atoms with E-state index in [2.05, 4.69) is 17.3 Å². The number of aryl methyl sites for hydroxylation is 1. The molecule has 2 heterocycles. The van der Waals surface area contributed by atoms with Crippen molar-refractivity contribution in [1.82, 2.24) is 15.1 Å². The monoisotopic (exact) mass is 209 g/mol. The average Bonchev–Trinajstić information content (AvgIpc) is 2.84. The summed E-state index contributed by atoms with van der Waals surface area (Å²) in [5, 5.41) is 7.78. The summed E-state index contributed by atoms with van der Waals surface area (Å²) in [4.78, 5) is 0. The first-order chi connectivity index (χ1) is 7.25. The van der Waals surface area contributed by atoms with Crippen LogP contribution in [-0.4, -0.2) is 28.5 Å². The Morgan fingerprint density at radius 1 is 1.73 bits per heavy atom. The lowest BCUT2D eigenvalue weighted by molar-refractivity contribution is 0.0831. The van der Waals surface area contributed by atoms with E-state index in [1.807, 2.05) is 24.0 Å². The molecular formula is C11H19N3O. The van der Waals surface area contributed by atoms with Gasteiger partial charge in [0.25, 0.3) is 0 Å². The van der Waals surface area contributed by atoms with Crippen LogP contribution in [0.3, 0.4) is 0 Å². The van der Waals surface area contributed by atoms with Crippen molar-refractivity contribution in [2.24, 2.45) is 7.05 Å². The van der Waals surface area contributed by atoms with Gasteiger partial charge in [-0.15, -0.1) is 0 Å². The highest BCUT2D eigenvalue weighted by Crippen LogP contribution is 2.15. The van der Waals surface area contributed by atoms with E-state index in [4.69, 9.17) is 4.74 Å². The van der Waals surface area contributed by atoms with Crippen LogP contribution in [0.15, 0.2) is 12.3 Å². The highest BCUT2D eigenvalue weighted by atomic mass is 16.5. The number of aromatic nitrogens is 2. The van der Waals surface area contributed by atoms with Crippen molar-refractivity contribution < 1.29 is 4.74 Å². The topological polar surface area (TPSA) is 39.1 Å². The van der Waals surface area contributed by atoms with Crippen LogP contribution in [0.4, 0.5) is 0 Å². The van der Waals surface area contributed by atoms with E-state index in [0.29, 0.717) is 12.1 Å². The molecule has 0 bridgehead atoms. The quantitative estimate of drug-likeness (QED) is 0.806. The Morgan fingerprint density at radius 2 is 2.60 bits per heavy atom. The molecule has 84 valence electrons. The van der Waals surface area contributed by atoms with E-state index in [-0.39, 0.29) is 0 Å². The molecule has 2 atom stereocenters. The summed E-state index contributed by atoms with van der Waals surface area (Å²) >= 11 is 0. The number of hydrogen-bond donors (Lipinski definition) is 1. The highest BCUT2D eigenvalue weighted by molar-refractivity contribution is 4.98. The van der Waals surface area contributed by atoms with Crippen molar-refractivity contribution in [1.29, 1.82) is 0 Å². The van der Waals surface area contributed by atoms with Crippen LogP contribution < -0.4 is 5.32 Å². The largest absolute Gasteiger partial charge is 0.377 e. The molecule has 1 aromatic heterocycles. The molecule has 2 rings (SSSR count). The Hall–Kier alpha value is -0.870. The maximum Gasteiger partial charge on any atom is 0.0762 e. The number of rotatable bonds is 4. The first-order valence-electron chi connectivity index (χ1n) is 5.59. The van der Waals surface area contributed by atoms with Crippen molar-refractivity contribution in [2.75, 3.05) is 6.61 Å². The predicted octanol–water partition coefficient (Wildman–Crippen LogP) is 1.08. The summed E-state index contributed by atoms with van der Waals surface area (Å²) in [6, 6.07) is 2.45. The Balaban J connectivity index is 1.77. The van der Waals surface area contributed by atoms with Gasteiger partial charge in [0.15, 0.2) is 0 Å². The smallest absolute Gasteiger partial charge is 0.0762 e. The third-order valence-corrected chi connectivity index (χ3v) is 2.90. The van der Waals surface area contributed by atoms with E-state index in [1.54, 1.807) is 0 Å². The van der Waals surface area contributed by atoms with Gasteiger partial charge in [-0.1, -0.05) is 0 Å². The molecule has 4 heteroatoms. The summed E-state index contributed by atoms with van der Waals surface area (Å²) in [5.41, 5.74) is 1.09. The lowest BCUT2D eigenvalue weighted by atomic mass is 10.1. The predicted molar refractivity (Wildman–Crippen MR) is 58.5 cm³/mol. The molecular weight excluding hydrogens is 190 g/mol. The molecule has 0 spiro atoms. The van der Waals surface area contributed by atoms with E-state index in [0.717, 1.165) is 18.8 Å². The van der Waals surface area contributed by atoms with Gasteiger partial charge in [-0.25, -0.2) is 0 Å². The first kappa shape index (κ1) is 10.6.